The van der Waals surface area contributed by atoms with Crippen molar-refractivity contribution in [3.63, 3.8) is 0 Å². The summed E-state index contributed by atoms with van der Waals surface area (Å²) in [5, 5.41) is 7.55. The summed E-state index contributed by atoms with van der Waals surface area (Å²) >= 11 is 6.07. The molecule has 0 radical (unpaired) electrons. The molecular formula is C27H23ClN6O2. The Labute approximate surface area is 212 Å². The monoisotopic (exact) mass is 498 g/mol. The largest absolute Gasteiger partial charge is 0.361 e. The highest BCUT2D eigenvalue weighted by molar-refractivity contribution is 6.30. The van der Waals surface area contributed by atoms with Crippen LogP contribution in [0.3, 0.4) is 0 Å². The molecule has 0 aliphatic carbocycles. The second-order valence-electron chi connectivity index (χ2n) is 8.27. The molecule has 0 aliphatic rings. The van der Waals surface area contributed by atoms with Crippen LogP contribution in [-0.4, -0.2) is 25.4 Å². The van der Waals surface area contributed by atoms with Crippen LogP contribution in [0.5, 0.6) is 0 Å². The molecule has 8 nitrogen and oxygen atoms in total. The maximum atomic E-state index is 13.4. The van der Waals surface area contributed by atoms with E-state index in [1.807, 2.05) is 60.7 Å². The molecule has 3 N–H and O–H groups in total. The van der Waals surface area contributed by atoms with E-state index in [9.17, 15) is 9.59 Å². The zero-order valence-electron chi connectivity index (χ0n) is 19.2. The van der Waals surface area contributed by atoms with Gasteiger partial charge in [0.1, 0.15) is 6.54 Å². The van der Waals surface area contributed by atoms with Gasteiger partial charge in [-0.15, -0.1) is 0 Å². The van der Waals surface area contributed by atoms with Gasteiger partial charge in [-0.3, -0.25) is 19.1 Å². The first-order valence-electron chi connectivity index (χ1n) is 11.4. The Morgan fingerprint density at radius 2 is 1.86 bits per heavy atom. The number of amides is 1. The predicted molar refractivity (Wildman–Crippen MR) is 141 cm³/mol. The number of carbonyl (C=O) groups excluding carboxylic acids is 1. The molecule has 0 atom stereocenters. The predicted octanol–water partition coefficient (Wildman–Crippen LogP) is 4.37. The summed E-state index contributed by atoms with van der Waals surface area (Å²) in [5.74, 6) is -0.136. The number of H-pyrrole nitrogens is 1. The van der Waals surface area contributed by atoms with Crippen molar-refractivity contribution in [2.75, 3.05) is 5.32 Å². The van der Waals surface area contributed by atoms with Crippen LogP contribution in [0, 0.1) is 0 Å². The lowest BCUT2D eigenvalue weighted by molar-refractivity contribution is -0.121. The maximum absolute atomic E-state index is 13.4. The molecule has 0 bridgehead atoms. The molecule has 5 aromatic rings. The summed E-state index contributed by atoms with van der Waals surface area (Å²) < 4.78 is 1.44. The third-order valence-corrected chi connectivity index (χ3v) is 5.96. The Morgan fingerprint density at radius 1 is 1.00 bits per heavy atom. The van der Waals surface area contributed by atoms with Crippen LogP contribution in [0.15, 0.2) is 90.1 Å². The fraction of sp³-hybridized carbons (Fsp3) is 0.111. The first-order chi connectivity index (χ1) is 17.6. The Bertz CT molecular complexity index is 1550. The average Bonchev–Trinajstić information content (AvgIpc) is 3.32. The van der Waals surface area contributed by atoms with E-state index in [0.717, 1.165) is 27.7 Å². The number of halogens is 1. The van der Waals surface area contributed by atoms with E-state index < -0.39 is 0 Å². The van der Waals surface area contributed by atoms with Gasteiger partial charge in [0, 0.05) is 40.6 Å². The SMILES string of the molecule is O=C(Cn1c(-c2ccccc2)cnc(NCc2cccc(Cl)c2)c1=O)NCc1cc2cnccc2[nH]1. The summed E-state index contributed by atoms with van der Waals surface area (Å²) in [6.07, 6.45) is 5.08. The highest BCUT2D eigenvalue weighted by Crippen LogP contribution is 2.18. The van der Waals surface area contributed by atoms with Crippen LogP contribution in [0.4, 0.5) is 5.82 Å². The van der Waals surface area contributed by atoms with Crippen molar-refractivity contribution in [1.82, 2.24) is 24.8 Å². The highest BCUT2D eigenvalue weighted by Gasteiger charge is 2.15. The van der Waals surface area contributed by atoms with Crippen molar-refractivity contribution in [1.29, 1.82) is 0 Å². The first-order valence-corrected chi connectivity index (χ1v) is 11.8. The zero-order chi connectivity index (χ0) is 24.9. The molecule has 0 unspecified atom stereocenters. The van der Waals surface area contributed by atoms with Gasteiger partial charge in [0.25, 0.3) is 5.56 Å². The Balaban J connectivity index is 1.37. The number of pyridine rings is 1. The lowest BCUT2D eigenvalue weighted by atomic mass is 10.1. The number of benzene rings is 2. The number of nitrogens with one attached hydrogen (secondary N) is 3. The Hall–Kier alpha value is -4.43. The molecule has 3 heterocycles. The van der Waals surface area contributed by atoms with Gasteiger partial charge >= 0.3 is 0 Å². The van der Waals surface area contributed by atoms with Gasteiger partial charge in [-0.25, -0.2) is 4.98 Å². The van der Waals surface area contributed by atoms with Gasteiger partial charge in [-0.2, -0.15) is 0 Å². The Kier molecular flexibility index (Phi) is 6.77. The van der Waals surface area contributed by atoms with Gasteiger partial charge in [0.2, 0.25) is 5.91 Å². The summed E-state index contributed by atoms with van der Waals surface area (Å²) in [6.45, 7) is 0.516. The van der Waals surface area contributed by atoms with E-state index in [4.69, 9.17) is 11.6 Å². The molecule has 3 aromatic heterocycles. The summed E-state index contributed by atoms with van der Waals surface area (Å²) in [6, 6.07) is 20.6. The second-order valence-corrected chi connectivity index (χ2v) is 8.70. The molecule has 0 aliphatic heterocycles. The van der Waals surface area contributed by atoms with E-state index in [1.54, 1.807) is 24.7 Å². The fourth-order valence-corrected chi connectivity index (χ4v) is 4.17. The third-order valence-electron chi connectivity index (χ3n) is 5.73. The van der Waals surface area contributed by atoms with Crippen LogP contribution < -0.4 is 16.2 Å². The fourth-order valence-electron chi connectivity index (χ4n) is 3.96. The van der Waals surface area contributed by atoms with E-state index in [0.29, 0.717) is 23.8 Å². The number of nitrogens with zero attached hydrogens (tertiary/aromatic N) is 3. The highest BCUT2D eigenvalue weighted by atomic mass is 35.5. The van der Waals surface area contributed by atoms with Crippen LogP contribution in [0.1, 0.15) is 11.3 Å². The maximum Gasteiger partial charge on any atom is 0.294 e. The van der Waals surface area contributed by atoms with E-state index in [-0.39, 0.29) is 23.8 Å². The van der Waals surface area contributed by atoms with Crippen molar-refractivity contribution >= 4 is 34.2 Å². The van der Waals surface area contributed by atoms with Gasteiger partial charge < -0.3 is 15.6 Å². The van der Waals surface area contributed by atoms with Crippen molar-refractivity contribution in [2.24, 2.45) is 0 Å². The molecule has 9 heteroatoms. The lowest BCUT2D eigenvalue weighted by Crippen LogP contribution is -2.34. The number of aromatic amines is 1. The molecule has 0 fully saturated rings. The van der Waals surface area contributed by atoms with E-state index in [2.05, 4.69) is 25.6 Å². The molecule has 5 rings (SSSR count). The number of fused-ring (bicyclic) bond motifs is 1. The minimum Gasteiger partial charge on any atom is -0.361 e. The molecule has 1 amide bonds. The molecule has 0 saturated heterocycles. The topological polar surface area (TPSA) is 105 Å². The molecule has 180 valence electrons. The summed E-state index contributed by atoms with van der Waals surface area (Å²) in [5.41, 5.74) is 3.67. The smallest absolute Gasteiger partial charge is 0.294 e. The summed E-state index contributed by atoms with van der Waals surface area (Å²) in [4.78, 5) is 38.0. The van der Waals surface area contributed by atoms with Gasteiger partial charge in [-0.1, -0.05) is 54.1 Å². The average molecular weight is 499 g/mol. The molecule has 0 saturated carbocycles. The third kappa shape index (κ3) is 5.29. The van der Waals surface area contributed by atoms with Crippen LogP contribution in [0.2, 0.25) is 5.02 Å². The molecule has 2 aromatic carbocycles. The molecule has 0 spiro atoms. The normalized spacial score (nSPS) is 10.9. The number of carbonyl (C=O) groups is 1. The van der Waals surface area contributed by atoms with Crippen LogP contribution in [-0.2, 0) is 24.4 Å². The lowest BCUT2D eigenvalue weighted by Gasteiger charge is -2.15. The van der Waals surface area contributed by atoms with Crippen LogP contribution >= 0.6 is 11.6 Å². The number of hydrogen-bond donors (Lipinski definition) is 3. The van der Waals surface area contributed by atoms with Crippen molar-refractivity contribution in [3.05, 3.63) is 112 Å². The minimum atomic E-state index is -0.384. The Morgan fingerprint density at radius 3 is 2.67 bits per heavy atom. The molecule has 36 heavy (non-hydrogen) atoms. The van der Waals surface area contributed by atoms with Crippen molar-refractivity contribution in [3.8, 4) is 11.3 Å². The minimum absolute atomic E-state index is 0.154. The second kappa shape index (κ2) is 10.5. The van der Waals surface area contributed by atoms with Crippen LogP contribution in [0.25, 0.3) is 22.2 Å². The van der Waals surface area contributed by atoms with E-state index in [1.165, 1.54) is 4.57 Å². The van der Waals surface area contributed by atoms with E-state index >= 15 is 0 Å². The zero-order valence-corrected chi connectivity index (χ0v) is 20.0. The first kappa shape index (κ1) is 23.3. The van der Waals surface area contributed by atoms with Crippen molar-refractivity contribution < 1.29 is 4.79 Å². The number of anilines is 1. The van der Waals surface area contributed by atoms with Gasteiger partial charge in [0.05, 0.1) is 18.4 Å². The number of hydrogen-bond acceptors (Lipinski definition) is 5. The number of aromatic nitrogens is 4. The molecular weight excluding hydrogens is 476 g/mol. The number of rotatable bonds is 8. The standard InChI is InChI=1S/C27H23ClN6O2/c28-21-8-4-5-18(11-21)13-31-26-27(36)34(24(16-32-26)19-6-2-1-3-7-19)17-25(35)30-15-22-12-20-14-29-10-9-23(20)33-22/h1-12,14,16,33H,13,15,17H2,(H,30,35)(H,31,32). The van der Waals surface area contributed by atoms with Gasteiger partial charge in [0.15, 0.2) is 5.82 Å². The summed E-state index contributed by atoms with van der Waals surface area (Å²) in [7, 11) is 0. The van der Waals surface area contributed by atoms with Gasteiger partial charge in [-0.05, 0) is 35.4 Å². The van der Waals surface area contributed by atoms with Crippen molar-refractivity contribution in [2.45, 2.75) is 19.6 Å². The quantitative estimate of drug-likeness (QED) is 0.295.